The average Bonchev–Trinajstić information content (AvgIpc) is 2.32. The normalized spacial score (nSPS) is 10.1. The Morgan fingerprint density at radius 3 is 2.67 bits per heavy atom. The second kappa shape index (κ2) is 5.56. The summed E-state index contributed by atoms with van der Waals surface area (Å²) in [7, 11) is 0. The zero-order valence-electron chi connectivity index (χ0n) is 9.69. The fourth-order valence-corrected chi connectivity index (χ4v) is 1.84. The average molecular weight is 261 g/mol. The Balaban J connectivity index is 2.03. The smallest absolute Gasteiger partial charge is 0.228 e. The van der Waals surface area contributed by atoms with E-state index in [9.17, 15) is 4.79 Å². The van der Waals surface area contributed by atoms with Gasteiger partial charge in [-0.05, 0) is 29.8 Å². The van der Waals surface area contributed by atoms with Gasteiger partial charge in [-0.15, -0.1) is 0 Å². The van der Waals surface area contributed by atoms with Crippen molar-refractivity contribution in [3.8, 4) is 0 Å². The Morgan fingerprint density at radius 2 is 1.94 bits per heavy atom. The van der Waals surface area contributed by atoms with Crippen molar-refractivity contribution in [2.75, 3.05) is 11.1 Å². The largest absolute Gasteiger partial charge is 0.399 e. The Hall–Kier alpha value is -2.00. The maximum Gasteiger partial charge on any atom is 0.228 e. The van der Waals surface area contributed by atoms with Crippen LogP contribution in [-0.2, 0) is 11.2 Å². The molecule has 2 aromatic carbocycles. The van der Waals surface area contributed by atoms with Crippen LogP contribution >= 0.6 is 11.6 Å². The van der Waals surface area contributed by atoms with Crippen molar-refractivity contribution in [3.05, 3.63) is 59.1 Å². The van der Waals surface area contributed by atoms with Crippen LogP contribution in [0.5, 0.6) is 0 Å². The molecule has 0 fully saturated rings. The third kappa shape index (κ3) is 3.25. The van der Waals surface area contributed by atoms with Gasteiger partial charge in [0.05, 0.1) is 6.42 Å². The molecule has 1 amide bonds. The van der Waals surface area contributed by atoms with Crippen LogP contribution in [0, 0.1) is 0 Å². The summed E-state index contributed by atoms with van der Waals surface area (Å²) in [4.78, 5) is 11.8. The molecule has 4 heteroatoms. The van der Waals surface area contributed by atoms with Crippen LogP contribution in [-0.4, -0.2) is 5.91 Å². The third-order valence-corrected chi connectivity index (χ3v) is 2.85. The molecule has 0 heterocycles. The van der Waals surface area contributed by atoms with Crippen molar-refractivity contribution in [2.24, 2.45) is 0 Å². The highest BCUT2D eigenvalue weighted by Crippen LogP contribution is 2.17. The van der Waals surface area contributed by atoms with E-state index in [4.69, 9.17) is 17.3 Å². The number of anilines is 2. The van der Waals surface area contributed by atoms with E-state index in [1.807, 2.05) is 18.2 Å². The number of carbonyl (C=O) groups is 1. The van der Waals surface area contributed by atoms with E-state index in [1.54, 1.807) is 30.3 Å². The number of nitrogen functional groups attached to an aromatic ring is 1. The number of hydrogen-bond donors (Lipinski definition) is 2. The first kappa shape index (κ1) is 12.5. The van der Waals surface area contributed by atoms with E-state index in [-0.39, 0.29) is 12.3 Å². The van der Waals surface area contributed by atoms with Crippen LogP contribution in [0.1, 0.15) is 5.56 Å². The lowest BCUT2D eigenvalue weighted by molar-refractivity contribution is -0.115. The predicted molar refractivity (Wildman–Crippen MR) is 74.6 cm³/mol. The first-order chi connectivity index (χ1) is 8.65. The minimum Gasteiger partial charge on any atom is -0.399 e. The molecule has 0 saturated heterocycles. The maximum absolute atomic E-state index is 11.8. The van der Waals surface area contributed by atoms with Crippen LogP contribution in [0.2, 0.25) is 5.02 Å². The van der Waals surface area contributed by atoms with Crippen molar-refractivity contribution < 1.29 is 4.79 Å². The lowest BCUT2D eigenvalue weighted by Crippen LogP contribution is -2.14. The topological polar surface area (TPSA) is 55.1 Å². The molecule has 18 heavy (non-hydrogen) atoms. The van der Waals surface area contributed by atoms with Crippen LogP contribution in [0.3, 0.4) is 0 Å². The minimum absolute atomic E-state index is 0.117. The van der Waals surface area contributed by atoms with Gasteiger partial charge in [0.2, 0.25) is 5.91 Å². The molecule has 0 unspecified atom stereocenters. The molecule has 2 rings (SSSR count). The molecule has 2 aromatic rings. The number of amides is 1. The van der Waals surface area contributed by atoms with Gasteiger partial charge in [-0.25, -0.2) is 0 Å². The van der Waals surface area contributed by atoms with Crippen molar-refractivity contribution in [1.29, 1.82) is 0 Å². The van der Waals surface area contributed by atoms with Gasteiger partial charge in [-0.2, -0.15) is 0 Å². The third-order valence-electron chi connectivity index (χ3n) is 2.48. The monoisotopic (exact) mass is 260 g/mol. The van der Waals surface area contributed by atoms with Crippen molar-refractivity contribution in [3.63, 3.8) is 0 Å². The summed E-state index contributed by atoms with van der Waals surface area (Å²) in [6.07, 6.45) is 0.245. The number of halogens is 1. The zero-order chi connectivity index (χ0) is 13.0. The first-order valence-corrected chi connectivity index (χ1v) is 5.92. The van der Waals surface area contributed by atoms with E-state index in [1.165, 1.54) is 0 Å². The fourth-order valence-electron chi connectivity index (χ4n) is 1.64. The van der Waals surface area contributed by atoms with Gasteiger partial charge in [-0.3, -0.25) is 4.79 Å². The van der Waals surface area contributed by atoms with Crippen molar-refractivity contribution >= 4 is 28.9 Å². The van der Waals surface area contributed by atoms with Gasteiger partial charge in [0, 0.05) is 16.4 Å². The lowest BCUT2D eigenvalue weighted by Gasteiger charge is -2.07. The number of nitrogens with two attached hydrogens (primary N) is 1. The molecule has 0 saturated carbocycles. The summed E-state index contributed by atoms with van der Waals surface area (Å²) in [6, 6.07) is 14.4. The number of carbonyl (C=O) groups excluding carboxylic acids is 1. The summed E-state index contributed by atoms with van der Waals surface area (Å²) >= 11 is 6.00. The number of nitrogens with one attached hydrogen (secondary N) is 1. The quantitative estimate of drug-likeness (QED) is 0.833. The van der Waals surface area contributed by atoms with Crippen molar-refractivity contribution in [2.45, 2.75) is 6.42 Å². The zero-order valence-corrected chi connectivity index (χ0v) is 10.4. The van der Waals surface area contributed by atoms with E-state index in [2.05, 4.69) is 5.32 Å². The molecular weight excluding hydrogens is 248 g/mol. The Labute approximate surface area is 111 Å². The van der Waals surface area contributed by atoms with Gasteiger partial charge in [0.15, 0.2) is 0 Å². The molecule has 0 bridgehead atoms. The summed E-state index contributed by atoms with van der Waals surface area (Å²) in [5.74, 6) is -0.117. The van der Waals surface area contributed by atoms with E-state index >= 15 is 0 Å². The highest BCUT2D eigenvalue weighted by Gasteiger charge is 2.06. The standard InChI is InChI=1S/C14H13ClN2O/c15-13-7-2-1-4-10(13)8-14(18)17-12-6-3-5-11(16)9-12/h1-7,9H,8,16H2,(H,17,18). The molecule has 0 radical (unpaired) electrons. The fraction of sp³-hybridized carbons (Fsp3) is 0.0714. The second-order valence-corrected chi connectivity index (χ2v) is 4.35. The van der Waals surface area contributed by atoms with Crippen molar-refractivity contribution in [1.82, 2.24) is 0 Å². The molecule has 0 atom stereocenters. The lowest BCUT2D eigenvalue weighted by atomic mass is 10.1. The molecule has 0 spiro atoms. The predicted octanol–water partition coefficient (Wildman–Crippen LogP) is 3.10. The van der Waals surface area contributed by atoms with Crippen LogP contribution in [0.25, 0.3) is 0 Å². The molecular formula is C14H13ClN2O. The number of hydrogen-bond acceptors (Lipinski definition) is 2. The molecule has 3 N–H and O–H groups in total. The van der Waals surface area contributed by atoms with Crippen LogP contribution in [0.4, 0.5) is 11.4 Å². The molecule has 3 nitrogen and oxygen atoms in total. The summed E-state index contributed by atoms with van der Waals surface area (Å²) in [5.41, 5.74) is 7.75. The Bertz CT molecular complexity index is 569. The molecule has 92 valence electrons. The maximum atomic E-state index is 11.8. The minimum atomic E-state index is -0.117. The highest BCUT2D eigenvalue weighted by molar-refractivity contribution is 6.31. The Kier molecular flexibility index (Phi) is 3.85. The van der Waals surface area contributed by atoms with Gasteiger partial charge in [0.25, 0.3) is 0 Å². The van der Waals surface area contributed by atoms with Crippen LogP contribution in [0.15, 0.2) is 48.5 Å². The SMILES string of the molecule is Nc1cccc(NC(=O)Cc2ccccc2Cl)c1. The van der Waals surface area contributed by atoms with E-state index < -0.39 is 0 Å². The van der Waals surface area contributed by atoms with Crippen LogP contribution < -0.4 is 11.1 Å². The van der Waals surface area contributed by atoms with Gasteiger partial charge in [-0.1, -0.05) is 35.9 Å². The highest BCUT2D eigenvalue weighted by atomic mass is 35.5. The van der Waals surface area contributed by atoms with Gasteiger partial charge >= 0.3 is 0 Å². The molecule has 0 aliphatic rings. The number of benzene rings is 2. The van der Waals surface area contributed by atoms with E-state index in [0.29, 0.717) is 16.4 Å². The first-order valence-electron chi connectivity index (χ1n) is 5.54. The molecule has 0 aromatic heterocycles. The van der Waals surface area contributed by atoms with Gasteiger partial charge in [0.1, 0.15) is 0 Å². The molecule has 0 aliphatic heterocycles. The Morgan fingerprint density at radius 1 is 1.17 bits per heavy atom. The molecule has 0 aliphatic carbocycles. The number of rotatable bonds is 3. The second-order valence-electron chi connectivity index (χ2n) is 3.94. The summed E-state index contributed by atoms with van der Waals surface area (Å²) in [5, 5.41) is 3.38. The summed E-state index contributed by atoms with van der Waals surface area (Å²) < 4.78 is 0. The van der Waals surface area contributed by atoms with Gasteiger partial charge < -0.3 is 11.1 Å². The van der Waals surface area contributed by atoms with E-state index in [0.717, 1.165) is 5.56 Å². The summed E-state index contributed by atoms with van der Waals surface area (Å²) in [6.45, 7) is 0.